The zero-order valence-corrected chi connectivity index (χ0v) is 16.4. The van der Waals surface area contributed by atoms with Crippen LogP contribution in [0.5, 0.6) is 0 Å². The molecule has 0 N–H and O–H groups in total. The summed E-state index contributed by atoms with van der Waals surface area (Å²) in [6.07, 6.45) is 1.60. The summed E-state index contributed by atoms with van der Waals surface area (Å²) >= 11 is 13.1. The van der Waals surface area contributed by atoms with E-state index in [2.05, 4.69) is 4.74 Å². The van der Waals surface area contributed by atoms with Crippen LogP contribution in [0.15, 0.2) is 47.4 Å². The third-order valence-electron chi connectivity index (χ3n) is 3.88. The minimum atomic E-state index is -0.446. The molecular weight excluding hydrogens is 409 g/mol. The third kappa shape index (κ3) is 4.18. The minimum absolute atomic E-state index is 0.00178. The molecule has 0 saturated carbocycles. The van der Waals surface area contributed by atoms with Crippen molar-refractivity contribution in [3.8, 4) is 0 Å². The summed E-state index contributed by atoms with van der Waals surface area (Å²) in [5, 5.41) is 0.390. The summed E-state index contributed by atoms with van der Waals surface area (Å²) in [7, 11) is 1.30. The first-order chi connectivity index (χ1) is 12.9. The van der Waals surface area contributed by atoms with Gasteiger partial charge in [0, 0.05) is 15.6 Å². The number of nitrogens with zero attached hydrogens (tertiary/aromatic N) is 1. The monoisotopic (exact) mass is 421 g/mol. The van der Waals surface area contributed by atoms with Crippen molar-refractivity contribution in [1.29, 1.82) is 0 Å². The number of imide groups is 1. The van der Waals surface area contributed by atoms with E-state index in [1.165, 1.54) is 7.11 Å². The molecule has 0 unspecified atom stereocenters. The first-order valence-corrected chi connectivity index (χ1v) is 9.34. The van der Waals surface area contributed by atoms with E-state index in [4.69, 9.17) is 23.2 Å². The van der Waals surface area contributed by atoms with Crippen LogP contribution in [-0.4, -0.2) is 29.1 Å². The van der Waals surface area contributed by atoms with Gasteiger partial charge in [-0.1, -0.05) is 41.4 Å². The molecule has 3 rings (SSSR count). The molecule has 1 heterocycles. The molecule has 2 aromatic carbocycles. The van der Waals surface area contributed by atoms with E-state index in [0.29, 0.717) is 26.7 Å². The Labute approximate surface area is 169 Å². The molecule has 8 heteroatoms. The number of halogens is 2. The van der Waals surface area contributed by atoms with Crippen molar-refractivity contribution < 1.29 is 19.1 Å². The molecule has 1 aliphatic rings. The number of rotatable bonds is 4. The standard InChI is InChI=1S/C19H13Cl2NO4S/c1-26-18(24)12-7-5-11(6-8-12)9-16-17(23)22(19(25)27-16)10-13-14(20)3-2-4-15(13)21/h2-9H,10H2,1H3/b16-9+. The lowest BCUT2D eigenvalue weighted by Crippen LogP contribution is -2.27. The number of carbonyl (C=O) groups excluding carboxylic acids is 3. The van der Waals surface area contributed by atoms with Gasteiger partial charge in [-0.2, -0.15) is 0 Å². The number of hydrogen-bond donors (Lipinski definition) is 0. The number of esters is 1. The van der Waals surface area contributed by atoms with Crippen LogP contribution in [0.1, 0.15) is 21.5 Å². The Morgan fingerprint density at radius 3 is 2.33 bits per heavy atom. The lowest BCUT2D eigenvalue weighted by atomic mass is 10.1. The number of hydrogen-bond acceptors (Lipinski definition) is 5. The summed E-state index contributed by atoms with van der Waals surface area (Å²) in [6, 6.07) is 11.5. The van der Waals surface area contributed by atoms with E-state index < -0.39 is 17.1 Å². The first-order valence-electron chi connectivity index (χ1n) is 7.77. The Kier molecular flexibility index (Phi) is 5.89. The number of ether oxygens (including phenoxy) is 1. The second kappa shape index (κ2) is 8.17. The second-order valence-corrected chi connectivity index (χ2v) is 7.39. The van der Waals surface area contributed by atoms with Gasteiger partial charge in [-0.15, -0.1) is 0 Å². The van der Waals surface area contributed by atoms with E-state index in [9.17, 15) is 14.4 Å². The van der Waals surface area contributed by atoms with Gasteiger partial charge in [0.1, 0.15) is 0 Å². The molecule has 2 amide bonds. The van der Waals surface area contributed by atoms with Crippen molar-refractivity contribution in [3.63, 3.8) is 0 Å². The van der Waals surface area contributed by atoms with E-state index in [0.717, 1.165) is 16.7 Å². The quantitative estimate of drug-likeness (QED) is 0.512. The molecule has 0 spiro atoms. The van der Waals surface area contributed by atoms with Crippen LogP contribution in [0, 0.1) is 0 Å². The van der Waals surface area contributed by atoms with Gasteiger partial charge in [0.2, 0.25) is 0 Å². The molecule has 5 nitrogen and oxygen atoms in total. The van der Waals surface area contributed by atoms with Crippen LogP contribution in [0.2, 0.25) is 10.0 Å². The molecule has 0 aliphatic carbocycles. The first kappa shape index (κ1) is 19.5. The largest absolute Gasteiger partial charge is 0.465 e. The van der Waals surface area contributed by atoms with Gasteiger partial charge in [-0.25, -0.2) is 4.79 Å². The summed E-state index contributed by atoms with van der Waals surface area (Å²) in [4.78, 5) is 37.8. The number of thioether (sulfide) groups is 1. The predicted octanol–water partition coefficient (Wildman–Crippen LogP) is 5.02. The van der Waals surface area contributed by atoms with Gasteiger partial charge in [0.15, 0.2) is 0 Å². The highest BCUT2D eigenvalue weighted by molar-refractivity contribution is 8.18. The van der Waals surface area contributed by atoms with Crippen LogP contribution >= 0.6 is 35.0 Å². The van der Waals surface area contributed by atoms with Crippen molar-refractivity contribution >= 4 is 58.2 Å². The molecule has 138 valence electrons. The number of methoxy groups -OCH3 is 1. The highest BCUT2D eigenvalue weighted by Crippen LogP contribution is 2.35. The molecule has 0 bridgehead atoms. The van der Waals surface area contributed by atoms with Crippen LogP contribution < -0.4 is 0 Å². The molecule has 0 aromatic heterocycles. The third-order valence-corrected chi connectivity index (χ3v) is 5.50. The van der Waals surface area contributed by atoms with Crippen LogP contribution in [-0.2, 0) is 16.1 Å². The van der Waals surface area contributed by atoms with Crippen molar-refractivity contribution in [3.05, 3.63) is 74.1 Å². The Morgan fingerprint density at radius 2 is 1.74 bits per heavy atom. The van der Waals surface area contributed by atoms with Crippen molar-refractivity contribution in [1.82, 2.24) is 4.90 Å². The highest BCUT2D eigenvalue weighted by atomic mass is 35.5. The Hall–Kier alpha value is -2.28. The zero-order chi connectivity index (χ0) is 19.6. The van der Waals surface area contributed by atoms with Crippen molar-refractivity contribution in [2.75, 3.05) is 7.11 Å². The summed E-state index contributed by atoms with van der Waals surface area (Å²) in [5.74, 6) is -0.864. The summed E-state index contributed by atoms with van der Waals surface area (Å²) in [5.41, 5.74) is 1.60. The zero-order valence-electron chi connectivity index (χ0n) is 14.1. The minimum Gasteiger partial charge on any atom is -0.465 e. The molecule has 27 heavy (non-hydrogen) atoms. The Morgan fingerprint density at radius 1 is 1.11 bits per heavy atom. The van der Waals surface area contributed by atoms with Gasteiger partial charge in [0.05, 0.1) is 24.1 Å². The van der Waals surface area contributed by atoms with E-state index in [1.807, 2.05) is 0 Å². The molecule has 2 aromatic rings. The Bertz CT molecular complexity index is 936. The van der Waals surface area contributed by atoms with Crippen molar-refractivity contribution in [2.24, 2.45) is 0 Å². The van der Waals surface area contributed by atoms with E-state index >= 15 is 0 Å². The summed E-state index contributed by atoms with van der Waals surface area (Å²) in [6.45, 7) is 0.00178. The fourth-order valence-corrected chi connectivity index (χ4v) is 3.82. The lowest BCUT2D eigenvalue weighted by Gasteiger charge is -2.14. The maximum atomic E-state index is 12.6. The molecule has 1 saturated heterocycles. The molecule has 1 aliphatic heterocycles. The number of benzene rings is 2. The van der Waals surface area contributed by atoms with Crippen LogP contribution in [0.25, 0.3) is 6.08 Å². The maximum Gasteiger partial charge on any atom is 0.337 e. The number of carbonyl (C=O) groups is 3. The fourth-order valence-electron chi connectivity index (χ4n) is 2.46. The second-order valence-electron chi connectivity index (χ2n) is 5.58. The van der Waals surface area contributed by atoms with Gasteiger partial charge < -0.3 is 4.74 Å². The molecular formula is C19H13Cl2NO4S. The Balaban J connectivity index is 1.81. The average molecular weight is 422 g/mol. The summed E-state index contributed by atoms with van der Waals surface area (Å²) < 4.78 is 4.65. The normalized spacial score (nSPS) is 15.5. The fraction of sp³-hybridized carbons (Fsp3) is 0.105. The molecule has 0 atom stereocenters. The predicted molar refractivity (Wildman–Crippen MR) is 106 cm³/mol. The van der Waals surface area contributed by atoms with Crippen molar-refractivity contribution in [2.45, 2.75) is 6.54 Å². The van der Waals surface area contributed by atoms with Crippen LogP contribution in [0.3, 0.4) is 0 Å². The number of amides is 2. The highest BCUT2D eigenvalue weighted by Gasteiger charge is 2.35. The average Bonchev–Trinajstić information content (AvgIpc) is 2.91. The SMILES string of the molecule is COC(=O)c1ccc(/C=C2/SC(=O)N(Cc3c(Cl)cccc3Cl)C2=O)cc1. The van der Waals surface area contributed by atoms with Gasteiger partial charge >= 0.3 is 5.97 Å². The smallest absolute Gasteiger partial charge is 0.337 e. The van der Waals surface area contributed by atoms with E-state index in [-0.39, 0.29) is 11.4 Å². The topological polar surface area (TPSA) is 63.7 Å². The van der Waals surface area contributed by atoms with Gasteiger partial charge in [-0.05, 0) is 47.7 Å². The lowest BCUT2D eigenvalue weighted by molar-refractivity contribution is -0.123. The molecule has 0 radical (unpaired) electrons. The van der Waals surface area contributed by atoms with E-state index in [1.54, 1.807) is 48.5 Å². The molecule has 1 fully saturated rings. The van der Waals surface area contributed by atoms with Gasteiger partial charge in [0.25, 0.3) is 11.1 Å². The maximum absolute atomic E-state index is 12.6. The van der Waals surface area contributed by atoms with Gasteiger partial charge in [-0.3, -0.25) is 14.5 Å². The van der Waals surface area contributed by atoms with Crippen LogP contribution in [0.4, 0.5) is 4.79 Å².